The molecule has 5 heteroatoms. The van der Waals surface area contributed by atoms with Gasteiger partial charge in [0.05, 0.1) is 12.2 Å². The average Bonchev–Trinajstić information content (AvgIpc) is 2.91. The third-order valence-corrected chi connectivity index (χ3v) is 5.06. The monoisotopic (exact) mass is 313 g/mol. The van der Waals surface area contributed by atoms with Crippen molar-refractivity contribution in [2.24, 2.45) is 11.7 Å². The lowest BCUT2D eigenvalue weighted by atomic mass is 9.79. The van der Waals surface area contributed by atoms with E-state index in [-0.39, 0.29) is 17.5 Å². The maximum Gasteiger partial charge on any atom is 0.127 e. The van der Waals surface area contributed by atoms with Gasteiger partial charge in [0.2, 0.25) is 0 Å². The summed E-state index contributed by atoms with van der Waals surface area (Å²) < 4.78 is 25.3. The highest BCUT2D eigenvalue weighted by atomic mass is 35.5. The standard InChI is InChI=1S/C16H21ClFNO2/c17-13-2-1-3-14(18)12(13)8-15(19)11-4-6-21-16(9-11)5-7-20-10-16/h1-3,11,15H,4-10,19H2. The molecular formula is C16H21ClFNO2. The number of rotatable bonds is 3. The van der Waals surface area contributed by atoms with E-state index in [9.17, 15) is 4.39 Å². The minimum absolute atomic E-state index is 0.110. The number of ether oxygens (including phenoxy) is 2. The Morgan fingerprint density at radius 3 is 3.00 bits per heavy atom. The predicted octanol–water partition coefficient (Wildman–Crippen LogP) is 2.93. The fourth-order valence-corrected chi connectivity index (χ4v) is 3.66. The van der Waals surface area contributed by atoms with Gasteiger partial charge in [-0.05, 0) is 37.3 Å². The van der Waals surface area contributed by atoms with Crippen molar-refractivity contribution in [2.75, 3.05) is 19.8 Å². The molecule has 1 spiro atoms. The molecule has 0 saturated carbocycles. The van der Waals surface area contributed by atoms with Crippen LogP contribution in [0.2, 0.25) is 5.02 Å². The van der Waals surface area contributed by atoms with E-state index < -0.39 is 0 Å². The number of halogens is 2. The minimum atomic E-state index is -0.274. The zero-order valence-corrected chi connectivity index (χ0v) is 12.7. The summed E-state index contributed by atoms with van der Waals surface area (Å²) in [5.41, 5.74) is 6.70. The van der Waals surface area contributed by atoms with E-state index in [1.807, 2.05) is 0 Å². The van der Waals surface area contributed by atoms with Gasteiger partial charge >= 0.3 is 0 Å². The second kappa shape index (κ2) is 6.21. The second-order valence-electron chi connectivity index (χ2n) is 6.16. The first-order valence-corrected chi connectivity index (χ1v) is 7.88. The van der Waals surface area contributed by atoms with Crippen LogP contribution in [-0.4, -0.2) is 31.5 Å². The SMILES string of the molecule is NC(Cc1c(F)cccc1Cl)C1CCOC2(CCOC2)C1. The molecule has 2 N–H and O–H groups in total. The van der Waals surface area contributed by atoms with Gasteiger partial charge in [-0.1, -0.05) is 17.7 Å². The minimum Gasteiger partial charge on any atom is -0.378 e. The number of benzene rings is 1. The maximum atomic E-state index is 13.9. The third kappa shape index (κ3) is 3.24. The predicted molar refractivity (Wildman–Crippen MR) is 79.9 cm³/mol. The molecular weight excluding hydrogens is 293 g/mol. The molecule has 3 unspecified atom stereocenters. The van der Waals surface area contributed by atoms with Crippen molar-refractivity contribution in [3.8, 4) is 0 Å². The quantitative estimate of drug-likeness (QED) is 0.933. The summed E-state index contributed by atoms with van der Waals surface area (Å²) >= 11 is 6.09. The van der Waals surface area contributed by atoms with Crippen molar-refractivity contribution in [1.82, 2.24) is 0 Å². The van der Waals surface area contributed by atoms with Crippen molar-refractivity contribution in [1.29, 1.82) is 0 Å². The first-order valence-electron chi connectivity index (χ1n) is 7.50. The molecule has 3 nitrogen and oxygen atoms in total. The molecule has 2 saturated heterocycles. The number of hydrogen-bond donors (Lipinski definition) is 1. The average molecular weight is 314 g/mol. The van der Waals surface area contributed by atoms with Gasteiger partial charge in [-0.3, -0.25) is 0 Å². The van der Waals surface area contributed by atoms with Crippen LogP contribution in [0.15, 0.2) is 18.2 Å². The first kappa shape index (κ1) is 15.2. The molecule has 1 aromatic carbocycles. The Balaban J connectivity index is 1.69. The Kier molecular flexibility index (Phi) is 4.50. The zero-order valence-electron chi connectivity index (χ0n) is 12.0. The zero-order chi connectivity index (χ0) is 14.9. The van der Waals surface area contributed by atoms with Crippen molar-refractivity contribution in [2.45, 2.75) is 37.3 Å². The van der Waals surface area contributed by atoms with Crippen molar-refractivity contribution < 1.29 is 13.9 Å². The second-order valence-corrected chi connectivity index (χ2v) is 6.56. The lowest BCUT2D eigenvalue weighted by Gasteiger charge is -2.39. The lowest BCUT2D eigenvalue weighted by molar-refractivity contribution is -0.101. The van der Waals surface area contributed by atoms with Crippen LogP contribution in [0.3, 0.4) is 0 Å². The van der Waals surface area contributed by atoms with Crippen LogP contribution in [-0.2, 0) is 15.9 Å². The third-order valence-electron chi connectivity index (χ3n) is 4.71. The molecule has 21 heavy (non-hydrogen) atoms. The van der Waals surface area contributed by atoms with E-state index in [2.05, 4.69) is 0 Å². The Morgan fingerprint density at radius 2 is 2.29 bits per heavy atom. The Labute approximate surface area is 129 Å². The molecule has 3 rings (SSSR count). The number of hydrogen-bond acceptors (Lipinski definition) is 3. The van der Waals surface area contributed by atoms with Gasteiger partial charge < -0.3 is 15.2 Å². The van der Waals surface area contributed by atoms with E-state index in [0.717, 1.165) is 25.9 Å². The van der Waals surface area contributed by atoms with Crippen molar-refractivity contribution in [3.05, 3.63) is 34.6 Å². The van der Waals surface area contributed by atoms with Gasteiger partial charge in [0, 0.05) is 36.3 Å². The maximum absolute atomic E-state index is 13.9. The molecule has 0 bridgehead atoms. The van der Waals surface area contributed by atoms with Gasteiger partial charge in [-0.25, -0.2) is 4.39 Å². The molecule has 0 radical (unpaired) electrons. The smallest absolute Gasteiger partial charge is 0.127 e. The molecule has 2 aliphatic heterocycles. The summed E-state index contributed by atoms with van der Waals surface area (Å²) in [4.78, 5) is 0. The summed E-state index contributed by atoms with van der Waals surface area (Å²) in [6.07, 6.45) is 3.19. The fraction of sp³-hybridized carbons (Fsp3) is 0.625. The van der Waals surface area contributed by atoms with E-state index in [0.29, 0.717) is 36.1 Å². The highest BCUT2D eigenvalue weighted by Gasteiger charge is 2.42. The van der Waals surface area contributed by atoms with Crippen LogP contribution in [0.4, 0.5) is 4.39 Å². The first-order chi connectivity index (χ1) is 10.1. The molecule has 1 aromatic rings. The topological polar surface area (TPSA) is 44.5 Å². The van der Waals surface area contributed by atoms with Crippen LogP contribution in [0.25, 0.3) is 0 Å². The Hall–Kier alpha value is -0.680. The summed E-state index contributed by atoms with van der Waals surface area (Å²) in [5.74, 6) is 0.0417. The fourth-order valence-electron chi connectivity index (χ4n) is 3.42. The Morgan fingerprint density at radius 1 is 1.43 bits per heavy atom. The molecule has 2 fully saturated rings. The van der Waals surface area contributed by atoms with E-state index >= 15 is 0 Å². The largest absolute Gasteiger partial charge is 0.378 e. The molecule has 0 amide bonds. The van der Waals surface area contributed by atoms with Gasteiger partial charge in [-0.2, -0.15) is 0 Å². The summed E-state index contributed by atoms with van der Waals surface area (Å²) in [7, 11) is 0. The van der Waals surface area contributed by atoms with Crippen molar-refractivity contribution >= 4 is 11.6 Å². The normalized spacial score (nSPS) is 30.7. The van der Waals surface area contributed by atoms with Crippen LogP contribution >= 0.6 is 11.6 Å². The number of nitrogens with two attached hydrogens (primary N) is 1. The molecule has 0 aromatic heterocycles. The summed E-state index contributed by atoms with van der Waals surface area (Å²) in [6.45, 7) is 2.10. The van der Waals surface area contributed by atoms with E-state index in [1.54, 1.807) is 12.1 Å². The van der Waals surface area contributed by atoms with Crippen LogP contribution in [0.5, 0.6) is 0 Å². The van der Waals surface area contributed by atoms with E-state index in [1.165, 1.54) is 6.07 Å². The lowest BCUT2D eigenvalue weighted by Crippen LogP contribution is -2.46. The van der Waals surface area contributed by atoms with Gasteiger partial charge in [0.15, 0.2) is 0 Å². The summed E-state index contributed by atoms with van der Waals surface area (Å²) in [5, 5.41) is 0.455. The molecule has 3 atom stereocenters. The molecule has 2 aliphatic rings. The van der Waals surface area contributed by atoms with Crippen LogP contribution < -0.4 is 5.73 Å². The Bertz CT molecular complexity index is 485. The van der Waals surface area contributed by atoms with E-state index in [4.69, 9.17) is 26.8 Å². The van der Waals surface area contributed by atoms with Gasteiger partial charge in [0.25, 0.3) is 0 Å². The van der Waals surface area contributed by atoms with Crippen molar-refractivity contribution in [3.63, 3.8) is 0 Å². The van der Waals surface area contributed by atoms with Gasteiger partial charge in [-0.15, -0.1) is 0 Å². The molecule has 2 heterocycles. The summed E-state index contributed by atoms with van der Waals surface area (Å²) in [6, 6.07) is 4.65. The highest BCUT2D eigenvalue weighted by molar-refractivity contribution is 6.31. The van der Waals surface area contributed by atoms with Crippen LogP contribution in [0, 0.1) is 11.7 Å². The van der Waals surface area contributed by atoms with Crippen LogP contribution in [0.1, 0.15) is 24.8 Å². The van der Waals surface area contributed by atoms with Gasteiger partial charge in [0.1, 0.15) is 5.82 Å². The molecule has 116 valence electrons. The highest BCUT2D eigenvalue weighted by Crippen LogP contribution is 2.37. The molecule has 0 aliphatic carbocycles.